The van der Waals surface area contributed by atoms with Gasteiger partial charge in [0.15, 0.2) is 0 Å². The molecule has 6 heteroatoms. The van der Waals surface area contributed by atoms with Gasteiger partial charge in [0.1, 0.15) is 6.10 Å². The highest BCUT2D eigenvalue weighted by Gasteiger charge is 2.23. The Balaban J connectivity index is 2.00. The van der Waals surface area contributed by atoms with E-state index in [0.717, 1.165) is 12.8 Å². The highest BCUT2D eigenvalue weighted by atomic mass is 16.6. The number of hydrogen-bond acceptors (Lipinski definition) is 6. The molecule has 1 aromatic heterocycles. The van der Waals surface area contributed by atoms with Gasteiger partial charge in [-0.3, -0.25) is 0 Å². The molecule has 1 aromatic rings. The molecule has 6 nitrogen and oxygen atoms in total. The van der Waals surface area contributed by atoms with Gasteiger partial charge in [-0.25, -0.2) is 0 Å². The zero-order valence-electron chi connectivity index (χ0n) is 9.39. The molecule has 1 aliphatic heterocycles. The van der Waals surface area contributed by atoms with Gasteiger partial charge in [-0.1, -0.05) is 18.5 Å². The molecule has 2 atom stereocenters. The van der Waals surface area contributed by atoms with E-state index in [0.29, 0.717) is 31.5 Å². The van der Waals surface area contributed by atoms with Crippen molar-refractivity contribution in [2.45, 2.75) is 31.9 Å². The summed E-state index contributed by atoms with van der Waals surface area (Å²) >= 11 is 0. The zero-order chi connectivity index (χ0) is 11.4. The van der Waals surface area contributed by atoms with Gasteiger partial charge < -0.3 is 19.7 Å². The number of nitrogens with zero attached hydrogens (tertiary/aromatic N) is 2. The average Bonchev–Trinajstić information content (AvgIpc) is 2.80. The molecular weight excluding hydrogens is 210 g/mol. The van der Waals surface area contributed by atoms with Crippen LogP contribution in [0.2, 0.25) is 0 Å². The number of hydrogen-bond donors (Lipinski definition) is 1. The van der Waals surface area contributed by atoms with Crippen molar-refractivity contribution >= 4 is 0 Å². The Labute approximate surface area is 94.1 Å². The summed E-state index contributed by atoms with van der Waals surface area (Å²) in [6.45, 7) is 3.73. The molecule has 1 saturated heterocycles. The Hall–Kier alpha value is -0.980. The van der Waals surface area contributed by atoms with Crippen molar-refractivity contribution < 1.29 is 14.0 Å². The quantitative estimate of drug-likeness (QED) is 0.824. The average molecular weight is 227 g/mol. The lowest BCUT2D eigenvalue weighted by molar-refractivity contribution is -0.0941. The van der Waals surface area contributed by atoms with Gasteiger partial charge >= 0.3 is 0 Å². The Morgan fingerprint density at radius 2 is 2.38 bits per heavy atom. The fourth-order valence-electron chi connectivity index (χ4n) is 1.60. The second kappa shape index (κ2) is 5.38. The standard InChI is InChI=1S/C10H17N3O3/c1-2-3-7(11)10-12-9(13-16-10)8-6-14-4-5-15-8/h7-8H,2-6,11H2,1H3. The van der Waals surface area contributed by atoms with Crippen LogP contribution in [0, 0.1) is 0 Å². The van der Waals surface area contributed by atoms with E-state index in [1.807, 2.05) is 0 Å². The first kappa shape index (κ1) is 11.5. The van der Waals surface area contributed by atoms with E-state index in [2.05, 4.69) is 17.1 Å². The van der Waals surface area contributed by atoms with E-state index in [4.69, 9.17) is 19.7 Å². The third kappa shape index (κ3) is 2.58. The Morgan fingerprint density at radius 3 is 3.06 bits per heavy atom. The second-order valence-electron chi connectivity index (χ2n) is 3.82. The maximum atomic E-state index is 5.88. The lowest BCUT2D eigenvalue weighted by Gasteiger charge is -2.19. The molecule has 0 spiro atoms. The normalized spacial score (nSPS) is 23.2. The smallest absolute Gasteiger partial charge is 0.243 e. The Bertz CT molecular complexity index is 323. The lowest BCUT2D eigenvalue weighted by atomic mass is 10.2. The van der Waals surface area contributed by atoms with Gasteiger partial charge in [0, 0.05) is 0 Å². The molecule has 0 radical (unpaired) electrons. The first-order valence-corrected chi connectivity index (χ1v) is 5.59. The molecule has 0 amide bonds. The van der Waals surface area contributed by atoms with E-state index < -0.39 is 0 Å². The van der Waals surface area contributed by atoms with Gasteiger partial charge in [-0.15, -0.1) is 0 Å². The molecule has 2 rings (SSSR count). The highest BCUT2D eigenvalue weighted by Crippen LogP contribution is 2.20. The van der Waals surface area contributed by atoms with Crippen molar-refractivity contribution in [2.24, 2.45) is 5.73 Å². The van der Waals surface area contributed by atoms with Crippen molar-refractivity contribution in [1.29, 1.82) is 0 Å². The van der Waals surface area contributed by atoms with Crippen LogP contribution in [0.1, 0.15) is 43.6 Å². The van der Waals surface area contributed by atoms with Gasteiger partial charge in [-0.05, 0) is 6.42 Å². The van der Waals surface area contributed by atoms with E-state index in [9.17, 15) is 0 Å². The molecule has 1 fully saturated rings. The second-order valence-corrected chi connectivity index (χ2v) is 3.82. The maximum absolute atomic E-state index is 5.88. The summed E-state index contributed by atoms with van der Waals surface area (Å²) in [6.07, 6.45) is 1.60. The minimum absolute atomic E-state index is 0.184. The first-order valence-electron chi connectivity index (χ1n) is 5.59. The summed E-state index contributed by atoms with van der Waals surface area (Å²) in [5.41, 5.74) is 5.88. The molecule has 2 heterocycles. The fraction of sp³-hybridized carbons (Fsp3) is 0.800. The van der Waals surface area contributed by atoms with Crippen molar-refractivity contribution in [3.8, 4) is 0 Å². The minimum atomic E-state index is -0.222. The summed E-state index contributed by atoms with van der Waals surface area (Å²) < 4.78 is 15.9. The van der Waals surface area contributed by atoms with Gasteiger partial charge in [-0.2, -0.15) is 4.98 Å². The van der Waals surface area contributed by atoms with Crippen LogP contribution in [0.5, 0.6) is 0 Å². The Kier molecular flexibility index (Phi) is 3.87. The van der Waals surface area contributed by atoms with Crippen LogP contribution in [-0.4, -0.2) is 30.0 Å². The summed E-state index contributed by atoms with van der Waals surface area (Å²) in [5.74, 6) is 1.01. The monoisotopic (exact) mass is 227 g/mol. The summed E-state index contributed by atoms with van der Waals surface area (Å²) in [6, 6.07) is -0.184. The summed E-state index contributed by atoms with van der Waals surface area (Å²) in [7, 11) is 0. The van der Waals surface area contributed by atoms with Gasteiger partial charge in [0.05, 0.1) is 25.9 Å². The van der Waals surface area contributed by atoms with Crippen LogP contribution in [0.4, 0.5) is 0 Å². The largest absolute Gasteiger partial charge is 0.376 e. The molecule has 0 aromatic carbocycles. The molecule has 0 bridgehead atoms. The zero-order valence-corrected chi connectivity index (χ0v) is 9.39. The van der Waals surface area contributed by atoms with Crippen molar-refractivity contribution in [2.75, 3.05) is 19.8 Å². The lowest BCUT2D eigenvalue weighted by Crippen LogP contribution is -2.23. The van der Waals surface area contributed by atoms with Crippen LogP contribution in [-0.2, 0) is 9.47 Å². The SMILES string of the molecule is CCCC(N)c1nc(C2COCCO2)no1. The third-order valence-corrected chi connectivity index (χ3v) is 2.48. The first-order chi connectivity index (χ1) is 7.81. The van der Waals surface area contributed by atoms with Crippen molar-refractivity contribution in [3.05, 3.63) is 11.7 Å². The highest BCUT2D eigenvalue weighted by molar-refractivity contribution is 4.95. The number of aromatic nitrogens is 2. The fourth-order valence-corrected chi connectivity index (χ4v) is 1.60. The third-order valence-electron chi connectivity index (χ3n) is 2.48. The van der Waals surface area contributed by atoms with E-state index >= 15 is 0 Å². The molecular formula is C10H17N3O3. The predicted molar refractivity (Wildman–Crippen MR) is 55.6 cm³/mol. The molecule has 90 valence electrons. The topological polar surface area (TPSA) is 83.4 Å². The molecule has 0 saturated carbocycles. The van der Waals surface area contributed by atoms with E-state index in [-0.39, 0.29) is 12.1 Å². The molecule has 2 N–H and O–H groups in total. The van der Waals surface area contributed by atoms with Crippen LogP contribution < -0.4 is 5.73 Å². The van der Waals surface area contributed by atoms with E-state index in [1.165, 1.54) is 0 Å². The number of rotatable bonds is 4. The number of nitrogens with two attached hydrogens (primary N) is 1. The van der Waals surface area contributed by atoms with Crippen LogP contribution in [0.15, 0.2) is 4.52 Å². The predicted octanol–water partition coefficient (Wildman–Crippen LogP) is 0.957. The summed E-state index contributed by atoms with van der Waals surface area (Å²) in [5, 5.41) is 3.87. The molecule has 0 aliphatic carbocycles. The molecule has 1 aliphatic rings. The van der Waals surface area contributed by atoms with Gasteiger partial charge in [0.25, 0.3) is 0 Å². The van der Waals surface area contributed by atoms with Gasteiger partial charge in [0.2, 0.25) is 11.7 Å². The summed E-state index contributed by atoms with van der Waals surface area (Å²) in [4.78, 5) is 4.24. The minimum Gasteiger partial charge on any atom is -0.376 e. The molecule has 16 heavy (non-hydrogen) atoms. The molecule has 2 unspecified atom stereocenters. The van der Waals surface area contributed by atoms with Crippen LogP contribution in [0.3, 0.4) is 0 Å². The Morgan fingerprint density at radius 1 is 1.50 bits per heavy atom. The van der Waals surface area contributed by atoms with E-state index in [1.54, 1.807) is 0 Å². The van der Waals surface area contributed by atoms with Crippen LogP contribution in [0.25, 0.3) is 0 Å². The van der Waals surface area contributed by atoms with Crippen molar-refractivity contribution in [1.82, 2.24) is 10.1 Å². The van der Waals surface area contributed by atoms with Crippen molar-refractivity contribution in [3.63, 3.8) is 0 Å². The maximum Gasteiger partial charge on any atom is 0.243 e. The van der Waals surface area contributed by atoms with Crippen LogP contribution >= 0.6 is 0 Å². The number of ether oxygens (including phenoxy) is 2.